The van der Waals surface area contributed by atoms with Crippen LogP contribution in [0, 0.1) is 5.92 Å². The third kappa shape index (κ3) is 4.90. The highest BCUT2D eigenvalue weighted by molar-refractivity contribution is 7.81. The first-order valence-electron chi connectivity index (χ1n) is 7.25. The third-order valence-corrected chi connectivity index (χ3v) is 4.28. The van der Waals surface area contributed by atoms with Crippen LogP contribution in [0.15, 0.2) is 30.3 Å². The van der Waals surface area contributed by atoms with Crippen LogP contribution in [-0.4, -0.2) is 17.7 Å². The SMILES string of the molecule is O=C(NCC1CCCCC1)C(S)Cc1ccccc1. The lowest BCUT2D eigenvalue weighted by Crippen LogP contribution is -2.36. The molecule has 1 aliphatic carbocycles. The van der Waals surface area contributed by atoms with Crippen LogP contribution in [0.25, 0.3) is 0 Å². The fraction of sp³-hybridized carbons (Fsp3) is 0.562. The maximum Gasteiger partial charge on any atom is 0.233 e. The van der Waals surface area contributed by atoms with Gasteiger partial charge < -0.3 is 5.32 Å². The summed E-state index contributed by atoms with van der Waals surface area (Å²) >= 11 is 4.42. The summed E-state index contributed by atoms with van der Waals surface area (Å²) < 4.78 is 0. The van der Waals surface area contributed by atoms with Gasteiger partial charge in [0.25, 0.3) is 0 Å². The number of thiol groups is 1. The summed E-state index contributed by atoms with van der Waals surface area (Å²) in [5.74, 6) is 0.743. The second-order valence-electron chi connectivity index (χ2n) is 5.45. The Balaban J connectivity index is 1.73. The van der Waals surface area contributed by atoms with Crippen molar-refractivity contribution in [2.24, 2.45) is 5.92 Å². The van der Waals surface area contributed by atoms with E-state index >= 15 is 0 Å². The summed E-state index contributed by atoms with van der Waals surface area (Å²) in [6.07, 6.45) is 7.20. The summed E-state index contributed by atoms with van der Waals surface area (Å²) in [6.45, 7) is 0.824. The van der Waals surface area contributed by atoms with Crippen molar-refractivity contribution >= 4 is 18.5 Å². The minimum absolute atomic E-state index is 0.0674. The molecule has 1 fully saturated rings. The maximum absolute atomic E-state index is 12.0. The second-order valence-corrected chi connectivity index (χ2v) is 6.08. The van der Waals surface area contributed by atoms with E-state index in [4.69, 9.17) is 0 Å². The van der Waals surface area contributed by atoms with Crippen molar-refractivity contribution in [2.45, 2.75) is 43.8 Å². The molecule has 0 heterocycles. The Hall–Kier alpha value is -0.960. The van der Waals surface area contributed by atoms with Gasteiger partial charge in [-0.2, -0.15) is 12.6 Å². The van der Waals surface area contributed by atoms with Crippen molar-refractivity contribution in [1.82, 2.24) is 5.32 Å². The molecule has 1 atom stereocenters. The average molecular weight is 277 g/mol. The molecule has 104 valence electrons. The van der Waals surface area contributed by atoms with E-state index in [0.717, 1.165) is 12.1 Å². The van der Waals surface area contributed by atoms with Crippen molar-refractivity contribution < 1.29 is 4.79 Å². The van der Waals surface area contributed by atoms with Gasteiger partial charge in [0.2, 0.25) is 5.91 Å². The van der Waals surface area contributed by atoms with E-state index < -0.39 is 0 Å². The largest absolute Gasteiger partial charge is 0.355 e. The number of hydrogen-bond acceptors (Lipinski definition) is 2. The average Bonchev–Trinajstić information content (AvgIpc) is 2.47. The topological polar surface area (TPSA) is 29.1 Å². The van der Waals surface area contributed by atoms with Gasteiger partial charge in [0.15, 0.2) is 0 Å². The Morgan fingerprint density at radius 1 is 1.21 bits per heavy atom. The fourth-order valence-electron chi connectivity index (χ4n) is 2.68. The predicted octanol–water partition coefficient (Wildman–Crippen LogP) is 3.22. The highest BCUT2D eigenvalue weighted by Gasteiger charge is 2.17. The summed E-state index contributed by atoms with van der Waals surface area (Å²) in [4.78, 5) is 12.0. The van der Waals surface area contributed by atoms with Gasteiger partial charge in [-0.05, 0) is 30.7 Å². The van der Waals surface area contributed by atoms with E-state index in [9.17, 15) is 4.79 Å². The van der Waals surface area contributed by atoms with Gasteiger partial charge >= 0.3 is 0 Å². The van der Waals surface area contributed by atoms with Crippen LogP contribution < -0.4 is 5.32 Å². The molecule has 19 heavy (non-hydrogen) atoms. The molecule has 1 unspecified atom stereocenters. The molecule has 0 aromatic heterocycles. The first kappa shape index (κ1) is 14.4. The summed E-state index contributed by atoms with van der Waals surface area (Å²) in [6, 6.07) is 10.1. The molecule has 1 N–H and O–H groups in total. The Morgan fingerprint density at radius 2 is 1.89 bits per heavy atom. The number of rotatable bonds is 5. The molecule has 1 aromatic carbocycles. The predicted molar refractivity (Wildman–Crippen MR) is 82.5 cm³/mol. The minimum Gasteiger partial charge on any atom is -0.355 e. The van der Waals surface area contributed by atoms with Crippen LogP contribution in [0.3, 0.4) is 0 Å². The first-order chi connectivity index (χ1) is 9.25. The number of carbonyl (C=O) groups is 1. The third-order valence-electron chi connectivity index (χ3n) is 3.86. The highest BCUT2D eigenvalue weighted by Crippen LogP contribution is 2.22. The van der Waals surface area contributed by atoms with Crippen molar-refractivity contribution in [3.05, 3.63) is 35.9 Å². The van der Waals surface area contributed by atoms with E-state index in [1.54, 1.807) is 0 Å². The number of nitrogens with one attached hydrogen (secondary N) is 1. The summed E-state index contributed by atoms with van der Waals surface area (Å²) in [5.41, 5.74) is 1.16. The molecule has 1 aromatic rings. The van der Waals surface area contributed by atoms with Gasteiger partial charge in [-0.3, -0.25) is 4.79 Å². The number of hydrogen-bond donors (Lipinski definition) is 2. The number of carbonyl (C=O) groups excluding carboxylic acids is 1. The van der Waals surface area contributed by atoms with E-state index in [2.05, 4.69) is 17.9 Å². The lowest BCUT2D eigenvalue weighted by Gasteiger charge is -2.22. The smallest absolute Gasteiger partial charge is 0.233 e. The Kier molecular flexibility index (Phi) is 5.77. The highest BCUT2D eigenvalue weighted by atomic mass is 32.1. The van der Waals surface area contributed by atoms with Crippen molar-refractivity contribution in [3.63, 3.8) is 0 Å². The van der Waals surface area contributed by atoms with Crippen molar-refractivity contribution in [1.29, 1.82) is 0 Å². The quantitative estimate of drug-likeness (QED) is 0.795. The number of benzene rings is 1. The molecular weight excluding hydrogens is 254 g/mol. The van der Waals surface area contributed by atoms with Crippen LogP contribution in [-0.2, 0) is 11.2 Å². The second kappa shape index (κ2) is 7.59. The van der Waals surface area contributed by atoms with E-state index in [1.807, 2.05) is 30.3 Å². The van der Waals surface area contributed by atoms with Crippen molar-refractivity contribution in [2.75, 3.05) is 6.54 Å². The lowest BCUT2D eigenvalue weighted by atomic mass is 9.89. The van der Waals surface area contributed by atoms with Gasteiger partial charge in [0, 0.05) is 6.54 Å². The zero-order valence-corrected chi connectivity index (χ0v) is 12.2. The Morgan fingerprint density at radius 3 is 2.58 bits per heavy atom. The van der Waals surface area contributed by atoms with Crippen molar-refractivity contribution in [3.8, 4) is 0 Å². The van der Waals surface area contributed by atoms with Crippen LogP contribution in [0.2, 0.25) is 0 Å². The fourth-order valence-corrected chi connectivity index (χ4v) is 2.99. The maximum atomic E-state index is 12.0. The standard InChI is InChI=1S/C16H23NOS/c18-16(17-12-14-9-5-2-6-10-14)15(19)11-13-7-3-1-4-8-13/h1,3-4,7-8,14-15,19H,2,5-6,9-12H2,(H,17,18). The molecule has 2 nitrogen and oxygen atoms in total. The van der Waals surface area contributed by atoms with Crippen LogP contribution >= 0.6 is 12.6 Å². The summed E-state index contributed by atoms with van der Waals surface area (Å²) in [5, 5.41) is 2.81. The zero-order valence-electron chi connectivity index (χ0n) is 11.3. The molecule has 2 rings (SSSR count). The monoisotopic (exact) mass is 277 g/mol. The van der Waals surface area contributed by atoms with Gasteiger partial charge in [-0.15, -0.1) is 0 Å². The molecule has 1 saturated carbocycles. The van der Waals surface area contributed by atoms with Crippen LogP contribution in [0.4, 0.5) is 0 Å². The molecule has 0 aliphatic heterocycles. The molecule has 0 bridgehead atoms. The summed E-state index contributed by atoms with van der Waals surface area (Å²) in [7, 11) is 0. The van der Waals surface area contributed by atoms with Gasteiger partial charge in [0.05, 0.1) is 5.25 Å². The molecule has 0 radical (unpaired) electrons. The van der Waals surface area contributed by atoms with Crippen LogP contribution in [0.5, 0.6) is 0 Å². The van der Waals surface area contributed by atoms with E-state index in [1.165, 1.54) is 32.1 Å². The van der Waals surface area contributed by atoms with Gasteiger partial charge in [-0.1, -0.05) is 49.6 Å². The first-order valence-corrected chi connectivity index (χ1v) is 7.77. The Labute approximate surface area is 121 Å². The molecule has 1 aliphatic rings. The molecule has 0 saturated heterocycles. The molecular formula is C16H23NOS. The molecule has 0 spiro atoms. The molecule has 1 amide bonds. The van der Waals surface area contributed by atoms with E-state index in [-0.39, 0.29) is 11.2 Å². The normalized spacial score (nSPS) is 17.9. The Bertz CT molecular complexity index is 387. The van der Waals surface area contributed by atoms with Crippen LogP contribution in [0.1, 0.15) is 37.7 Å². The van der Waals surface area contributed by atoms with E-state index in [0.29, 0.717) is 12.3 Å². The van der Waals surface area contributed by atoms with Gasteiger partial charge in [0.1, 0.15) is 0 Å². The zero-order chi connectivity index (χ0) is 13.5. The van der Waals surface area contributed by atoms with Gasteiger partial charge in [-0.25, -0.2) is 0 Å². The minimum atomic E-state index is -0.244. The molecule has 3 heteroatoms. The number of amides is 1. The lowest BCUT2D eigenvalue weighted by molar-refractivity contribution is -0.120.